The Hall–Kier alpha value is -3.74. The van der Waals surface area contributed by atoms with Gasteiger partial charge in [0.15, 0.2) is 6.10 Å². The highest BCUT2D eigenvalue weighted by molar-refractivity contribution is 6.02. The highest BCUT2D eigenvalue weighted by Crippen LogP contribution is 2.15. The van der Waals surface area contributed by atoms with Gasteiger partial charge in [-0.1, -0.05) is 25.1 Å². The van der Waals surface area contributed by atoms with Crippen LogP contribution in [0.25, 0.3) is 10.8 Å². The molecule has 1 amide bonds. The predicted molar refractivity (Wildman–Crippen MR) is 114 cm³/mol. The van der Waals surface area contributed by atoms with Crippen molar-refractivity contribution >= 4 is 34.1 Å². The number of aromatic nitrogens is 1. The van der Waals surface area contributed by atoms with Gasteiger partial charge in [0.1, 0.15) is 5.69 Å². The van der Waals surface area contributed by atoms with E-state index in [2.05, 4.69) is 10.3 Å². The van der Waals surface area contributed by atoms with E-state index in [-0.39, 0.29) is 11.6 Å². The number of nitrogens with one attached hydrogen (secondary N) is 2. The Morgan fingerprint density at radius 3 is 2.47 bits per heavy atom. The molecule has 0 radical (unpaired) electrons. The number of hydrogen-bond acceptors (Lipinski definition) is 5. The van der Waals surface area contributed by atoms with Crippen molar-refractivity contribution in [2.75, 3.05) is 5.32 Å². The van der Waals surface area contributed by atoms with Crippen molar-refractivity contribution in [1.82, 2.24) is 4.98 Å². The van der Waals surface area contributed by atoms with E-state index in [9.17, 15) is 19.2 Å². The van der Waals surface area contributed by atoms with E-state index >= 15 is 0 Å². The van der Waals surface area contributed by atoms with Crippen LogP contribution in [-0.2, 0) is 9.53 Å². The van der Waals surface area contributed by atoms with E-state index < -0.39 is 23.4 Å². The van der Waals surface area contributed by atoms with Crippen LogP contribution in [0.2, 0.25) is 0 Å². The van der Waals surface area contributed by atoms with E-state index in [4.69, 9.17) is 4.74 Å². The third-order valence-corrected chi connectivity index (χ3v) is 4.56. The number of esters is 1. The summed E-state index contributed by atoms with van der Waals surface area (Å²) >= 11 is 0. The Bertz CT molecular complexity index is 1150. The van der Waals surface area contributed by atoms with Gasteiger partial charge in [0.25, 0.3) is 5.56 Å². The molecular formula is C23H22N2O5. The fourth-order valence-corrected chi connectivity index (χ4v) is 3.00. The molecule has 1 atom stereocenters. The molecule has 0 saturated heterocycles. The minimum Gasteiger partial charge on any atom is -0.450 e. The molecular weight excluding hydrogens is 384 g/mol. The monoisotopic (exact) mass is 406 g/mol. The number of Topliss-reactive ketones (excluding diaryl/α,β-unsaturated/α-hetero) is 1. The van der Waals surface area contributed by atoms with Gasteiger partial charge >= 0.3 is 5.97 Å². The first-order chi connectivity index (χ1) is 14.4. The zero-order valence-corrected chi connectivity index (χ0v) is 16.7. The molecule has 3 aromatic rings. The fraction of sp³-hybridized carbons (Fsp3) is 0.217. The summed E-state index contributed by atoms with van der Waals surface area (Å²) in [6.45, 7) is 3.38. The molecule has 2 aromatic carbocycles. The summed E-state index contributed by atoms with van der Waals surface area (Å²) in [6, 6.07) is 14.8. The van der Waals surface area contributed by atoms with Gasteiger partial charge in [0.05, 0.1) is 0 Å². The van der Waals surface area contributed by atoms with Gasteiger partial charge in [-0.25, -0.2) is 4.79 Å². The lowest BCUT2D eigenvalue weighted by molar-refractivity contribution is -0.116. The normalized spacial score (nSPS) is 11.7. The highest BCUT2D eigenvalue weighted by atomic mass is 16.5. The Morgan fingerprint density at radius 1 is 1.07 bits per heavy atom. The van der Waals surface area contributed by atoms with E-state index in [1.807, 2.05) is 6.92 Å². The molecule has 30 heavy (non-hydrogen) atoms. The summed E-state index contributed by atoms with van der Waals surface area (Å²) in [5.41, 5.74) is 0.506. The van der Waals surface area contributed by atoms with Gasteiger partial charge in [0, 0.05) is 23.1 Å². The molecule has 7 nitrogen and oxygen atoms in total. The topological polar surface area (TPSA) is 105 Å². The Balaban J connectivity index is 1.68. The lowest BCUT2D eigenvalue weighted by atomic mass is 10.1. The highest BCUT2D eigenvalue weighted by Gasteiger charge is 2.21. The third-order valence-electron chi connectivity index (χ3n) is 4.56. The number of ketones is 1. The number of carbonyl (C=O) groups is 3. The van der Waals surface area contributed by atoms with Crippen LogP contribution >= 0.6 is 0 Å². The lowest BCUT2D eigenvalue weighted by Crippen LogP contribution is -2.26. The minimum atomic E-state index is -1.05. The van der Waals surface area contributed by atoms with Crippen LogP contribution in [0.15, 0.2) is 59.4 Å². The first kappa shape index (κ1) is 21.0. The van der Waals surface area contributed by atoms with E-state index in [1.54, 1.807) is 48.5 Å². The molecule has 0 aliphatic rings. The third kappa shape index (κ3) is 4.81. The van der Waals surface area contributed by atoms with E-state index in [0.29, 0.717) is 28.4 Å². The largest absolute Gasteiger partial charge is 0.450 e. The molecule has 0 fully saturated rings. The van der Waals surface area contributed by atoms with Crippen molar-refractivity contribution in [3.63, 3.8) is 0 Å². The van der Waals surface area contributed by atoms with Gasteiger partial charge < -0.3 is 15.0 Å². The number of benzene rings is 2. The molecule has 0 spiro atoms. The predicted octanol–water partition coefficient (Wildman–Crippen LogP) is 3.69. The average Bonchev–Trinajstić information content (AvgIpc) is 2.73. The van der Waals surface area contributed by atoms with Crippen molar-refractivity contribution in [3.05, 3.63) is 76.2 Å². The molecule has 7 heteroatoms. The molecule has 0 aliphatic heterocycles. The SMILES string of the molecule is CCCC(=O)Nc1ccc(C(=O)C(C)OC(=O)c2cc3ccccc3c(=O)[nH]2)cc1. The van der Waals surface area contributed by atoms with Crippen LogP contribution < -0.4 is 10.9 Å². The molecule has 1 aromatic heterocycles. The summed E-state index contributed by atoms with van der Waals surface area (Å²) in [5, 5.41) is 3.81. The van der Waals surface area contributed by atoms with E-state index in [1.165, 1.54) is 13.0 Å². The average molecular weight is 406 g/mol. The minimum absolute atomic E-state index is 0.0210. The van der Waals surface area contributed by atoms with E-state index in [0.717, 1.165) is 6.42 Å². The van der Waals surface area contributed by atoms with Gasteiger partial charge in [-0.05, 0) is 55.1 Å². The molecule has 0 saturated carbocycles. The number of pyridine rings is 1. The molecule has 1 heterocycles. The second kappa shape index (κ2) is 9.17. The van der Waals surface area contributed by atoms with Crippen LogP contribution in [0, 0.1) is 0 Å². The summed E-state index contributed by atoms with van der Waals surface area (Å²) in [6.07, 6.45) is 0.117. The number of H-pyrrole nitrogens is 1. The Labute approximate surface area is 173 Å². The zero-order valence-electron chi connectivity index (χ0n) is 16.7. The van der Waals surface area contributed by atoms with Crippen LogP contribution in [-0.4, -0.2) is 28.7 Å². The summed E-state index contributed by atoms with van der Waals surface area (Å²) in [5.74, 6) is -1.27. The summed E-state index contributed by atoms with van der Waals surface area (Å²) in [4.78, 5) is 51.3. The van der Waals surface area contributed by atoms with Crippen LogP contribution in [0.5, 0.6) is 0 Å². The zero-order chi connectivity index (χ0) is 21.7. The first-order valence-electron chi connectivity index (χ1n) is 9.66. The van der Waals surface area contributed by atoms with Crippen LogP contribution in [0.3, 0.4) is 0 Å². The maximum absolute atomic E-state index is 12.6. The van der Waals surface area contributed by atoms with Gasteiger partial charge in [0.2, 0.25) is 11.7 Å². The molecule has 0 aliphatic carbocycles. The quantitative estimate of drug-likeness (QED) is 0.460. The van der Waals surface area contributed by atoms with Crippen molar-refractivity contribution in [3.8, 4) is 0 Å². The van der Waals surface area contributed by atoms with Crippen molar-refractivity contribution in [2.24, 2.45) is 0 Å². The number of aromatic amines is 1. The fourth-order valence-electron chi connectivity index (χ4n) is 3.00. The molecule has 0 bridgehead atoms. The summed E-state index contributed by atoms with van der Waals surface area (Å²) < 4.78 is 5.25. The first-order valence-corrected chi connectivity index (χ1v) is 9.66. The number of amides is 1. The maximum atomic E-state index is 12.6. The number of rotatable bonds is 7. The number of fused-ring (bicyclic) bond motifs is 1. The van der Waals surface area contributed by atoms with Crippen molar-refractivity contribution in [2.45, 2.75) is 32.8 Å². The second-order valence-electron chi connectivity index (χ2n) is 6.89. The smallest absolute Gasteiger partial charge is 0.355 e. The molecule has 2 N–H and O–H groups in total. The number of anilines is 1. The number of ether oxygens (including phenoxy) is 1. The Morgan fingerprint density at radius 2 is 1.77 bits per heavy atom. The van der Waals surface area contributed by atoms with Crippen molar-refractivity contribution < 1.29 is 19.1 Å². The van der Waals surface area contributed by atoms with Crippen LogP contribution in [0.4, 0.5) is 5.69 Å². The maximum Gasteiger partial charge on any atom is 0.355 e. The number of carbonyl (C=O) groups excluding carboxylic acids is 3. The summed E-state index contributed by atoms with van der Waals surface area (Å²) in [7, 11) is 0. The number of hydrogen-bond donors (Lipinski definition) is 2. The second-order valence-corrected chi connectivity index (χ2v) is 6.89. The molecule has 1 unspecified atom stereocenters. The van der Waals surface area contributed by atoms with Gasteiger partial charge in [-0.3, -0.25) is 14.4 Å². The van der Waals surface area contributed by atoms with Crippen LogP contribution in [0.1, 0.15) is 47.5 Å². The molecule has 154 valence electrons. The Kier molecular flexibility index (Phi) is 6.41. The van der Waals surface area contributed by atoms with Gasteiger partial charge in [-0.15, -0.1) is 0 Å². The molecule has 3 rings (SSSR count). The van der Waals surface area contributed by atoms with Gasteiger partial charge in [-0.2, -0.15) is 0 Å². The lowest BCUT2D eigenvalue weighted by Gasteiger charge is -2.13. The van der Waals surface area contributed by atoms with Crippen molar-refractivity contribution in [1.29, 1.82) is 0 Å². The standard InChI is InChI=1S/C23H22N2O5/c1-3-6-20(26)24-17-11-9-15(10-12-17)21(27)14(2)30-23(29)19-13-16-7-4-5-8-18(16)22(28)25-19/h4-5,7-14H,3,6H2,1-2H3,(H,24,26)(H,25,28).